The number of benzene rings is 2. The first-order valence-electron chi connectivity index (χ1n) is 6.93. The van der Waals surface area contributed by atoms with E-state index in [0.717, 1.165) is 40.0 Å². The van der Waals surface area contributed by atoms with Crippen LogP contribution in [0.5, 0.6) is 5.75 Å². The number of hydrogen-bond donors (Lipinski definition) is 2. The van der Waals surface area contributed by atoms with Crippen molar-refractivity contribution >= 4 is 10.8 Å². The number of nitrogens with one attached hydrogen (secondary N) is 1. The van der Waals surface area contributed by atoms with Crippen LogP contribution in [0.25, 0.3) is 10.8 Å². The van der Waals surface area contributed by atoms with Crippen LogP contribution in [0.15, 0.2) is 36.4 Å². The first-order valence-corrected chi connectivity index (χ1v) is 6.93. The van der Waals surface area contributed by atoms with E-state index in [1.807, 2.05) is 31.2 Å². The molecule has 0 saturated carbocycles. The summed E-state index contributed by atoms with van der Waals surface area (Å²) in [4.78, 5) is 7.89. The molecule has 0 aliphatic heterocycles. The molecule has 0 fully saturated rings. The summed E-state index contributed by atoms with van der Waals surface area (Å²) in [7, 11) is 0. The van der Waals surface area contributed by atoms with E-state index in [1.165, 1.54) is 0 Å². The highest BCUT2D eigenvalue weighted by Gasteiger charge is 2.12. The second kappa shape index (κ2) is 5.00. The largest absolute Gasteiger partial charge is 0.508 e. The number of nitrogens with zero attached hydrogens (tertiary/aromatic N) is 1. The second-order valence-corrected chi connectivity index (χ2v) is 5.07. The third-order valence-corrected chi connectivity index (χ3v) is 3.73. The summed E-state index contributed by atoms with van der Waals surface area (Å²) in [5, 5.41) is 12.4. The van der Waals surface area contributed by atoms with Crippen molar-refractivity contribution in [3.63, 3.8) is 0 Å². The molecule has 0 aliphatic rings. The summed E-state index contributed by atoms with van der Waals surface area (Å²) in [6.07, 6.45) is 1.54. The van der Waals surface area contributed by atoms with Crippen LogP contribution in [0.3, 0.4) is 0 Å². The van der Waals surface area contributed by atoms with Gasteiger partial charge in [-0.1, -0.05) is 37.3 Å². The Balaban J connectivity index is 2.09. The molecule has 20 heavy (non-hydrogen) atoms. The van der Waals surface area contributed by atoms with Gasteiger partial charge >= 0.3 is 0 Å². The third kappa shape index (κ3) is 2.16. The minimum atomic E-state index is 0.337. The number of imidazole rings is 1. The molecule has 0 spiro atoms. The Labute approximate surface area is 118 Å². The van der Waals surface area contributed by atoms with Crippen molar-refractivity contribution in [1.29, 1.82) is 0 Å². The van der Waals surface area contributed by atoms with Crippen molar-refractivity contribution in [2.75, 3.05) is 0 Å². The predicted octanol–water partition coefficient (Wildman–Crippen LogP) is 3.73. The Morgan fingerprint density at radius 3 is 2.70 bits per heavy atom. The number of aryl methyl sites for hydroxylation is 2. The van der Waals surface area contributed by atoms with Crippen molar-refractivity contribution in [2.45, 2.75) is 26.7 Å². The fraction of sp³-hybridized carbons (Fsp3) is 0.235. The Hall–Kier alpha value is -2.29. The fourth-order valence-corrected chi connectivity index (χ4v) is 2.58. The van der Waals surface area contributed by atoms with Gasteiger partial charge in [-0.15, -0.1) is 0 Å². The lowest BCUT2D eigenvalue weighted by Crippen LogP contribution is -1.94. The van der Waals surface area contributed by atoms with Gasteiger partial charge in [0.05, 0.1) is 5.69 Å². The fourth-order valence-electron chi connectivity index (χ4n) is 2.58. The minimum absolute atomic E-state index is 0.337. The first kappa shape index (κ1) is 12.7. The van der Waals surface area contributed by atoms with E-state index < -0.39 is 0 Å². The zero-order valence-corrected chi connectivity index (χ0v) is 11.8. The Bertz CT molecular complexity index is 759. The van der Waals surface area contributed by atoms with Gasteiger partial charge in [0, 0.05) is 24.1 Å². The lowest BCUT2D eigenvalue weighted by molar-refractivity contribution is 0.470. The predicted molar refractivity (Wildman–Crippen MR) is 81.1 cm³/mol. The van der Waals surface area contributed by atoms with Crippen molar-refractivity contribution in [3.8, 4) is 5.75 Å². The number of phenols is 1. The molecule has 2 aromatic carbocycles. The summed E-state index contributed by atoms with van der Waals surface area (Å²) >= 11 is 0. The molecule has 0 atom stereocenters. The van der Waals surface area contributed by atoms with Crippen LogP contribution in [-0.4, -0.2) is 15.1 Å². The molecular weight excluding hydrogens is 248 g/mol. The third-order valence-electron chi connectivity index (χ3n) is 3.73. The van der Waals surface area contributed by atoms with Gasteiger partial charge in [0.15, 0.2) is 0 Å². The molecule has 0 radical (unpaired) electrons. The Kier molecular flexibility index (Phi) is 3.18. The lowest BCUT2D eigenvalue weighted by atomic mass is 9.99. The number of hydrogen-bond acceptors (Lipinski definition) is 2. The van der Waals surface area contributed by atoms with Crippen LogP contribution in [0, 0.1) is 6.92 Å². The molecule has 0 bridgehead atoms. The van der Waals surface area contributed by atoms with E-state index in [9.17, 15) is 5.11 Å². The molecule has 3 rings (SSSR count). The highest BCUT2D eigenvalue weighted by molar-refractivity contribution is 5.87. The number of phenolic OH excluding ortho intramolecular Hbond substituents is 1. The first-order chi connectivity index (χ1) is 9.69. The van der Waals surface area contributed by atoms with Gasteiger partial charge < -0.3 is 10.1 Å². The molecule has 0 amide bonds. The van der Waals surface area contributed by atoms with Crippen molar-refractivity contribution in [2.24, 2.45) is 0 Å². The maximum absolute atomic E-state index is 10.2. The summed E-state index contributed by atoms with van der Waals surface area (Å²) in [5.41, 5.74) is 3.03. The van der Waals surface area contributed by atoms with Crippen molar-refractivity contribution in [1.82, 2.24) is 9.97 Å². The summed E-state index contributed by atoms with van der Waals surface area (Å²) in [6, 6.07) is 11.8. The average molecular weight is 266 g/mol. The van der Waals surface area contributed by atoms with Crippen molar-refractivity contribution in [3.05, 3.63) is 59.2 Å². The Morgan fingerprint density at radius 1 is 1.15 bits per heavy atom. The standard InChI is InChI=1S/C17H18N2O/c1-3-17-18-11(2)15(19-17)10-14-13-7-5-4-6-12(13)8-9-16(14)20/h4-9,20H,3,10H2,1-2H3,(H,18,19). The number of aromatic amines is 1. The quantitative estimate of drug-likeness (QED) is 0.759. The van der Waals surface area contributed by atoms with E-state index >= 15 is 0 Å². The van der Waals surface area contributed by atoms with E-state index in [4.69, 9.17) is 0 Å². The van der Waals surface area contributed by atoms with E-state index in [2.05, 4.69) is 23.0 Å². The topological polar surface area (TPSA) is 48.9 Å². The smallest absolute Gasteiger partial charge is 0.119 e. The van der Waals surface area contributed by atoms with Crippen LogP contribution in [0.4, 0.5) is 0 Å². The molecule has 0 saturated heterocycles. The summed E-state index contributed by atoms with van der Waals surface area (Å²) in [5.74, 6) is 1.33. The zero-order valence-electron chi connectivity index (χ0n) is 11.8. The molecule has 3 nitrogen and oxygen atoms in total. The number of H-pyrrole nitrogens is 1. The highest BCUT2D eigenvalue weighted by atomic mass is 16.3. The monoisotopic (exact) mass is 266 g/mol. The van der Waals surface area contributed by atoms with Crippen LogP contribution in [-0.2, 0) is 12.8 Å². The summed E-state index contributed by atoms with van der Waals surface area (Å²) < 4.78 is 0. The van der Waals surface area contributed by atoms with Gasteiger partial charge in [-0.2, -0.15) is 0 Å². The van der Waals surface area contributed by atoms with Gasteiger partial charge in [0.2, 0.25) is 0 Å². The maximum Gasteiger partial charge on any atom is 0.119 e. The molecule has 102 valence electrons. The normalized spacial score (nSPS) is 11.1. The highest BCUT2D eigenvalue weighted by Crippen LogP contribution is 2.29. The average Bonchev–Trinajstić information content (AvgIpc) is 2.82. The number of aromatic hydroxyl groups is 1. The van der Waals surface area contributed by atoms with Crippen LogP contribution in [0.2, 0.25) is 0 Å². The minimum Gasteiger partial charge on any atom is -0.508 e. The van der Waals surface area contributed by atoms with Gasteiger partial charge in [-0.3, -0.25) is 0 Å². The van der Waals surface area contributed by atoms with Gasteiger partial charge in [0.25, 0.3) is 0 Å². The van der Waals surface area contributed by atoms with Gasteiger partial charge in [-0.25, -0.2) is 4.98 Å². The lowest BCUT2D eigenvalue weighted by Gasteiger charge is -2.08. The van der Waals surface area contributed by atoms with Crippen LogP contribution in [0.1, 0.15) is 29.7 Å². The van der Waals surface area contributed by atoms with Crippen LogP contribution < -0.4 is 0 Å². The number of rotatable bonds is 3. The molecule has 0 unspecified atom stereocenters. The maximum atomic E-state index is 10.2. The molecule has 1 heterocycles. The number of fused-ring (bicyclic) bond motifs is 1. The Morgan fingerprint density at radius 2 is 1.95 bits per heavy atom. The molecule has 3 aromatic rings. The molecule has 0 aliphatic carbocycles. The number of aromatic nitrogens is 2. The van der Waals surface area contributed by atoms with E-state index in [0.29, 0.717) is 12.2 Å². The molecular formula is C17H18N2O. The molecule has 1 aromatic heterocycles. The van der Waals surface area contributed by atoms with E-state index in [1.54, 1.807) is 6.07 Å². The molecule has 3 heteroatoms. The van der Waals surface area contributed by atoms with Gasteiger partial charge in [0.1, 0.15) is 11.6 Å². The van der Waals surface area contributed by atoms with Crippen LogP contribution >= 0.6 is 0 Å². The second-order valence-electron chi connectivity index (χ2n) is 5.07. The van der Waals surface area contributed by atoms with Crippen molar-refractivity contribution < 1.29 is 5.11 Å². The zero-order chi connectivity index (χ0) is 14.1. The van der Waals surface area contributed by atoms with Gasteiger partial charge in [-0.05, 0) is 23.8 Å². The van der Waals surface area contributed by atoms with E-state index in [-0.39, 0.29) is 0 Å². The molecule has 2 N–H and O–H groups in total. The SMILES string of the molecule is CCc1nc(Cc2c(O)ccc3ccccc23)c(C)[nH]1. The summed E-state index contributed by atoms with van der Waals surface area (Å²) in [6.45, 7) is 4.11.